The van der Waals surface area contributed by atoms with Gasteiger partial charge < -0.3 is 4.74 Å². The molecule has 54 valence electrons. The van der Waals surface area contributed by atoms with Crippen molar-refractivity contribution in [3.63, 3.8) is 0 Å². The highest BCUT2D eigenvalue weighted by atomic mass is 16.5. The summed E-state index contributed by atoms with van der Waals surface area (Å²) in [5.41, 5.74) is 0.656. The van der Waals surface area contributed by atoms with Crippen LogP contribution in [0.3, 0.4) is 0 Å². The molecule has 1 fully saturated rings. The SMILES string of the molecule is [B]c1cncc(OC2CC2)c1. The Morgan fingerprint density at radius 3 is 2.91 bits per heavy atom. The first-order valence-electron chi connectivity index (χ1n) is 3.72. The van der Waals surface area contributed by atoms with E-state index in [0.29, 0.717) is 11.6 Å². The van der Waals surface area contributed by atoms with Crippen molar-refractivity contribution in [3.8, 4) is 5.75 Å². The van der Waals surface area contributed by atoms with Crippen molar-refractivity contribution in [1.29, 1.82) is 0 Å². The van der Waals surface area contributed by atoms with Crippen molar-refractivity contribution in [3.05, 3.63) is 18.5 Å². The Labute approximate surface area is 67.0 Å². The van der Waals surface area contributed by atoms with Gasteiger partial charge in [0.15, 0.2) is 0 Å². The van der Waals surface area contributed by atoms with Crippen LogP contribution < -0.4 is 10.2 Å². The summed E-state index contributed by atoms with van der Waals surface area (Å²) < 4.78 is 5.46. The van der Waals surface area contributed by atoms with E-state index in [1.807, 2.05) is 0 Å². The third-order valence-electron chi connectivity index (χ3n) is 1.56. The Morgan fingerprint density at radius 1 is 1.45 bits per heavy atom. The van der Waals surface area contributed by atoms with Gasteiger partial charge in [0.2, 0.25) is 0 Å². The van der Waals surface area contributed by atoms with Gasteiger partial charge in [0.1, 0.15) is 13.6 Å². The highest BCUT2D eigenvalue weighted by Gasteiger charge is 2.23. The molecule has 3 heteroatoms. The highest BCUT2D eigenvalue weighted by Crippen LogP contribution is 2.25. The zero-order chi connectivity index (χ0) is 7.68. The second kappa shape index (κ2) is 2.57. The second-order valence-corrected chi connectivity index (χ2v) is 2.77. The molecule has 0 bridgehead atoms. The lowest BCUT2D eigenvalue weighted by atomic mass is 9.99. The zero-order valence-electron chi connectivity index (χ0n) is 6.16. The van der Waals surface area contributed by atoms with Crippen molar-refractivity contribution < 1.29 is 4.74 Å². The standard InChI is InChI=1S/C8H8BNO/c9-6-3-8(5-10-4-6)11-7-1-2-7/h3-5,7H,1-2H2. The Morgan fingerprint density at radius 2 is 2.27 bits per heavy atom. The van der Waals surface area contributed by atoms with E-state index in [2.05, 4.69) is 4.98 Å². The van der Waals surface area contributed by atoms with Crippen LogP contribution in [0.2, 0.25) is 0 Å². The van der Waals surface area contributed by atoms with Gasteiger partial charge in [-0.1, -0.05) is 5.46 Å². The van der Waals surface area contributed by atoms with Crippen LogP contribution in [-0.4, -0.2) is 18.9 Å². The fraction of sp³-hybridized carbons (Fsp3) is 0.375. The van der Waals surface area contributed by atoms with Crippen molar-refractivity contribution in [2.24, 2.45) is 0 Å². The molecule has 1 aromatic heterocycles. The molecule has 0 aromatic carbocycles. The van der Waals surface area contributed by atoms with Crippen LogP contribution in [0.5, 0.6) is 5.75 Å². The minimum absolute atomic E-state index is 0.415. The number of aromatic nitrogens is 1. The Hall–Kier alpha value is -0.985. The predicted molar refractivity (Wildman–Crippen MR) is 43.3 cm³/mol. The largest absolute Gasteiger partial charge is 0.489 e. The van der Waals surface area contributed by atoms with Gasteiger partial charge in [-0.05, 0) is 18.9 Å². The van der Waals surface area contributed by atoms with Crippen LogP contribution in [0.4, 0.5) is 0 Å². The van der Waals surface area contributed by atoms with Gasteiger partial charge in [0, 0.05) is 6.20 Å². The molecule has 0 spiro atoms. The number of hydrogen-bond acceptors (Lipinski definition) is 2. The van der Waals surface area contributed by atoms with E-state index < -0.39 is 0 Å². The Bertz CT molecular complexity index is 260. The van der Waals surface area contributed by atoms with Crippen LogP contribution in [0.25, 0.3) is 0 Å². The molecule has 2 radical (unpaired) electrons. The molecule has 1 heterocycles. The van der Waals surface area contributed by atoms with Crippen molar-refractivity contribution >= 4 is 13.3 Å². The zero-order valence-corrected chi connectivity index (χ0v) is 6.16. The minimum atomic E-state index is 0.415. The van der Waals surface area contributed by atoms with E-state index in [9.17, 15) is 0 Å². The van der Waals surface area contributed by atoms with Crippen LogP contribution in [0.1, 0.15) is 12.8 Å². The van der Waals surface area contributed by atoms with E-state index >= 15 is 0 Å². The molecule has 2 rings (SSSR count). The summed E-state index contributed by atoms with van der Waals surface area (Å²) in [6.07, 6.45) is 6.04. The number of pyridine rings is 1. The first kappa shape index (κ1) is 6.71. The lowest BCUT2D eigenvalue weighted by Crippen LogP contribution is -2.05. The van der Waals surface area contributed by atoms with Crippen molar-refractivity contribution in [1.82, 2.24) is 4.98 Å². The maximum atomic E-state index is 5.51. The summed E-state index contributed by atoms with van der Waals surface area (Å²) in [5, 5.41) is 0. The van der Waals surface area contributed by atoms with Gasteiger partial charge in [0.05, 0.1) is 12.3 Å². The van der Waals surface area contributed by atoms with Gasteiger partial charge in [-0.15, -0.1) is 0 Å². The van der Waals surface area contributed by atoms with Crippen LogP contribution in [-0.2, 0) is 0 Å². The maximum absolute atomic E-state index is 5.51. The molecule has 0 aliphatic heterocycles. The average molecular weight is 145 g/mol. The molecule has 0 atom stereocenters. The monoisotopic (exact) mass is 145 g/mol. The van der Waals surface area contributed by atoms with Crippen molar-refractivity contribution in [2.45, 2.75) is 18.9 Å². The van der Waals surface area contributed by atoms with Gasteiger partial charge in [-0.2, -0.15) is 0 Å². The molecule has 1 saturated carbocycles. The molecule has 1 aliphatic rings. The van der Waals surface area contributed by atoms with Crippen LogP contribution in [0.15, 0.2) is 18.5 Å². The Kier molecular flexibility index (Phi) is 1.57. The molecule has 0 amide bonds. The van der Waals surface area contributed by atoms with E-state index in [-0.39, 0.29) is 0 Å². The van der Waals surface area contributed by atoms with Gasteiger partial charge in [-0.25, -0.2) is 0 Å². The second-order valence-electron chi connectivity index (χ2n) is 2.77. The van der Waals surface area contributed by atoms with Gasteiger partial charge >= 0.3 is 0 Å². The molecular weight excluding hydrogens is 137 g/mol. The Balaban J connectivity index is 2.10. The molecule has 0 unspecified atom stereocenters. The molecule has 11 heavy (non-hydrogen) atoms. The number of ether oxygens (including phenoxy) is 1. The summed E-state index contributed by atoms with van der Waals surface area (Å²) in [5.74, 6) is 0.785. The lowest BCUT2D eigenvalue weighted by molar-refractivity contribution is 0.302. The topological polar surface area (TPSA) is 22.1 Å². The third kappa shape index (κ3) is 1.73. The fourth-order valence-corrected chi connectivity index (χ4v) is 0.878. The van der Waals surface area contributed by atoms with E-state index in [4.69, 9.17) is 12.6 Å². The maximum Gasteiger partial charge on any atom is 0.137 e. The molecule has 0 saturated heterocycles. The smallest absolute Gasteiger partial charge is 0.137 e. The highest BCUT2D eigenvalue weighted by molar-refractivity contribution is 6.32. The quantitative estimate of drug-likeness (QED) is 0.562. The number of nitrogens with zero attached hydrogens (tertiary/aromatic N) is 1. The van der Waals surface area contributed by atoms with Crippen LogP contribution >= 0.6 is 0 Å². The number of hydrogen-bond donors (Lipinski definition) is 0. The van der Waals surface area contributed by atoms with Crippen molar-refractivity contribution in [2.75, 3.05) is 0 Å². The lowest BCUT2D eigenvalue weighted by Gasteiger charge is -2.02. The van der Waals surface area contributed by atoms with E-state index in [1.54, 1.807) is 18.5 Å². The predicted octanol–water partition coefficient (Wildman–Crippen LogP) is 0.417. The molecule has 0 N–H and O–H groups in total. The number of rotatable bonds is 2. The first-order valence-corrected chi connectivity index (χ1v) is 3.72. The third-order valence-corrected chi connectivity index (χ3v) is 1.56. The fourth-order valence-electron chi connectivity index (χ4n) is 0.878. The minimum Gasteiger partial charge on any atom is -0.489 e. The first-order chi connectivity index (χ1) is 5.34. The normalized spacial score (nSPS) is 16.4. The van der Waals surface area contributed by atoms with Gasteiger partial charge in [0.25, 0.3) is 0 Å². The van der Waals surface area contributed by atoms with E-state index in [0.717, 1.165) is 18.6 Å². The summed E-state index contributed by atoms with van der Waals surface area (Å²) in [6.45, 7) is 0. The summed E-state index contributed by atoms with van der Waals surface area (Å²) in [7, 11) is 5.51. The van der Waals surface area contributed by atoms with Crippen LogP contribution in [0, 0.1) is 0 Å². The summed E-state index contributed by atoms with van der Waals surface area (Å²) >= 11 is 0. The average Bonchev–Trinajstić information content (AvgIpc) is 2.71. The van der Waals surface area contributed by atoms with Gasteiger partial charge in [-0.3, -0.25) is 4.98 Å². The molecule has 1 aromatic rings. The molecule has 2 nitrogen and oxygen atoms in total. The molecular formula is C8H8BNO. The summed E-state index contributed by atoms with van der Waals surface area (Å²) in [4.78, 5) is 3.92. The van der Waals surface area contributed by atoms with E-state index in [1.165, 1.54) is 0 Å². The molecule has 1 aliphatic carbocycles. The summed E-state index contributed by atoms with van der Waals surface area (Å²) in [6, 6.07) is 1.80.